The lowest BCUT2D eigenvalue weighted by molar-refractivity contribution is -0.139. The van der Waals surface area contributed by atoms with Crippen LogP contribution in [0.15, 0.2) is 23.5 Å². The highest BCUT2D eigenvalue weighted by molar-refractivity contribution is 5.87. The minimum Gasteiger partial charge on any atom is -0.460 e. The Hall–Kier alpha value is -2.06. The summed E-state index contributed by atoms with van der Waals surface area (Å²) in [4.78, 5) is 21.7. The molecule has 1 atom stereocenters. The maximum atomic E-state index is 10.9. The van der Waals surface area contributed by atoms with Crippen LogP contribution in [0.2, 0.25) is 0 Å². The average Bonchev–Trinajstić information content (AvgIpc) is 3.00. The highest BCUT2D eigenvalue weighted by Gasteiger charge is 2.20. The Morgan fingerprint density at radius 2 is 2.35 bits per heavy atom. The second-order valence-electron chi connectivity index (χ2n) is 3.47. The van der Waals surface area contributed by atoms with Gasteiger partial charge in [0.15, 0.2) is 0 Å². The van der Waals surface area contributed by atoms with E-state index in [0.29, 0.717) is 17.9 Å². The van der Waals surface area contributed by atoms with Crippen molar-refractivity contribution in [2.45, 2.75) is 13.0 Å². The van der Waals surface area contributed by atoms with Crippen LogP contribution in [0, 0.1) is 11.8 Å². The van der Waals surface area contributed by atoms with Gasteiger partial charge in [-0.3, -0.25) is 4.79 Å². The molecule has 1 fully saturated rings. The third-order valence-electron chi connectivity index (χ3n) is 2.02. The van der Waals surface area contributed by atoms with E-state index in [9.17, 15) is 9.59 Å². The van der Waals surface area contributed by atoms with Crippen LogP contribution in [-0.2, 0) is 23.8 Å². The van der Waals surface area contributed by atoms with Gasteiger partial charge in [-0.2, -0.15) is 0 Å². The Bertz CT molecular complexity index is 471. The quantitative estimate of drug-likeness (QED) is 0.391. The molecule has 0 aromatic rings. The van der Waals surface area contributed by atoms with Gasteiger partial charge in [-0.05, 0) is 6.08 Å². The van der Waals surface area contributed by atoms with E-state index in [4.69, 9.17) is 14.2 Å². The van der Waals surface area contributed by atoms with Crippen LogP contribution in [0.25, 0.3) is 0 Å². The first kappa shape index (κ1) is 11.4. The lowest BCUT2D eigenvalue weighted by atomic mass is 10.2. The molecule has 0 aliphatic carbocycles. The third-order valence-corrected chi connectivity index (χ3v) is 2.02. The van der Waals surface area contributed by atoms with Crippen LogP contribution < -0.4 is 0 Å². The molecule has 2 aliphatic rings. The predicted molar refractivity (Wildman–Crippen MR) is 56.4 cm³/mol. The first-order chi connectivity index (χ1) is 8.15. The summed E-state index contributed by atoms with van der Waals surface area (Å²) in [5.41, 5.74) is 0.456. The first-order valence-electron chi connectivity index (χ1n) is 5.04. The number of ether oxygens (including phenoxy) is 3. The molecule has 0 bridgehead atoms. The van der Waals surface area contributed by atoms with E-state index in [1.807, 2.05) is 0 Å². The molecule has 88 valence electrons. The Morgan fingerprint density at radius 1 is 1.59 bits per heavy atom. The number of carbonyl (C=O) groups excluding carboxylic acids is 2. The van der Waals surface area contributed by atoms with Crippen molar-refractivity contribution in [3.05, 3.63) is 23.5 Å². The van der Waals surface area contributed by atoms with Crippen molar-refractivity contribution in [3.63, 3.8) is 0 Å². The Kier molecular flexibility index (Phi) is 3.26. The summed E-state index contributed by atoms with van der Waals surface area (Å²) in [6.07, 6.45) is 2.73. The topological polar surface area (TPSA) is 65.1 Å². The van der Waals surface area contributed by atoms with Crippen LogP contribution in [0.4, 0.5) is 0 Å². The molecule has 2 rings (SSSR count). The molecule has 2 heterocycles. The number of allylic oxidation sites excluding steroid dienone is 1. The van der Waals surface area contributed by atoms with Crippen LogP contribution in [-0.4, -0.2) is 31.3 Å². The molecule has 0 aromatic carbocycles. The zero-order chi connectivity index (χ0) is 12.3. The molecule has 5 nitrogen and oxygen atoms in total. The zero-order valence-corrected chi connectivity index (χ0v) is 9.19. The normalized spacial score (nSPS) is 23.6. The molecule has 1 unspecified atom stereocenters. The summed E-state index contributed by atoms with van der Waals surface area (Å²) in [5, 5.41) is 0. The van der Waals surface area contributed by atoms with E-state index in [-0.39, 0.29) is 12.7 Å². The van der Waals surface area contributed by atoms with Crippen LogP contribution in [0.1, 0.15) is 6.92 Å². The lowest BCUT2D eigenvalue weighted by Gasteiger charge is -2.03. The Labute approximate surface area is 98.0 Å². The molecule has 0 saturated carbocycles. The van der Waals surface area contributed by atoms with Crippen LogP contribution >= 0.6 is 0 Å². The first-order valence-corrected chi connectivity index (χ1v) is 5.04. The minimum atomic E-state index is -0.454. The summed E-state index contributed by atoms with van der Waals surface area (Å²) >= 11 is 0. The summed E-state index contributed by atoms with van der Waals surface area (Å²) in [7, 11) is 0. The summed E-state index contributed by atoms with van der Waals surface area (Å²) in [5.74, 6) is 5.08. The van der Waals surface area contributed by atoms with E-state index in [1.165, 1.54) is 19.1 Å². The molecule has 17 heavy (non-hydrogen) atoms. The average molecular weight is 234 g/mol. The Morgan fingerprint density at radius 3 is 2.88 bits per heavy atom. The van der Waals surface area contributed by atoms with Crippen molar-refractivity contribution < 1.29 is 23.8 Å². The van der Waals surface area contributed by atoms with Gasteiger partial charge in [-0.15, -0.1) is 0 Å². The van der Waals surface area contributed by atoms with Crippen molar-refractivity contribution >= 4 is 11.9 Å². The molecule has 2 aliphatic heterocycles. The minimum absolute atomic E-state index is 0.0119. The van der Waals surface area contributed by atoms with Crippen molar-refractivity contribution in [2.24, 2.45) is 0 Å². The molecular formula is C12H10O5. The SMILES string of the molecule is CC(=O)OCC(C#CC1CO1)=C1C=CC(=O)O1. The molecular weight excluding hydrogens is 224 g/mol. The van der Waals surface area contributed by atoms with Gasteiger partial charge in [0.05, 0.1) is 12.2 Å². The van der Waals surface area contributed by atoms with E-state index in [1.54, 1.807) is 0 Å². The standard InChI is InChI=1S/C12H10O5/c1-8(13)15-6-9(2-3-10-7-16-10)11-4-5-12(14)17-11/h4-5,10H,6-7H2,1H3. The highest BCUT2D eigenvalue weighted by atomic mass is 16.6. The van der Waals surface area contributed by atoms with Crippen molar-refractivity contribution in [3.8, 4) is 11.8 Å². The fourth-order valence-electron chi connectivity index (χ4n) is 1.12. The van der Waals surface area contributed by atoms with Gasteiger partial charge < -0.3 is 14.2 Å². The van der Waals surface area contributed by atoms with Crippen molar-refractivity contribution in [1.82, 2.24) is 0 Å². The van der Waals surface area contributed by atoms with E-state index < -0.39 is 11.9 Å². The fourth-order valence-corrected chi connectivity index (χ4v) is 1.12. The highest BCUT2D eigenvalue weighted by Crippen LogP contribution is 2.15. The van der Waals surface area contributed by atoms with Gasteiger partial charge in [0.1, 0.15) is 18.5 Å². The molecule has 0 radical (unpaired) electrons. The molecule has 0 N–H and O–H groups in total. The molecule has 0 aromatic heterocycles. The summed E-state index contributed by atoms with van der Waals surface area (Å²) in [6.45, 7) is 1.90. The number of carbonyl (C=O) groups is 2. The third kappa shape index (κ3) is 3.47. The molecule has 1 saturated heterocycles. The molecule has 0 amide bonds. The van der Waals surface area contributed by atoms with Crippen LogP contribution in [0.5, 0.6) is 0 Å². The van der Waals surface area contributed by atoms with E-state index >= 15 is 0 Å². The number of hydrogen-bond acceptors (Lipinski definition) is 5. The molecule has 0 spiro atoms. The number of esters is 2. The van der Waals surface area contributed by atoms with Crippen LogP contribution in [0.3, 0.4) is 0 Å². The second kappa shape index (κ2) is 4.85. The Balaban J connectivity index is 2.12. The van der Waals surface area contributed by atoms with Gasteiger partial charge in [0.2, 0.25) is 0 Å². The largest absolute Gasteiger partial charge is 0.460 e. The van der Waals surface area contributed by atoms with Gasteiger partial charge in [-0.25, -0.2) is 4.79 Å². The number of epoxide rings is 1. The summed E-state index contributed by atoms with van der Waals surface area (Å²) in [6, 6.07) is 0. The van der Waals surface area contributed by atoms with Crippen molar-refractivity contribution in [1.29, 1.82) is 0 Å². The predicted octanol–water partition coefficient (Wildman–Crippen LogP) is 0.319. The van der Waals surface area contributed by atoms with E-state index in [0.717, 1.165) is 0 Å². The second-order valence-corrected chi connectivity index (χ2v) is 3.47. The van der Waals surface area contributed by atoms with Crippen molar-refractivity contribution in [2.75, 3.05) is 13.2 Å². The fraction of sp³-hybridized carbons (Fsp3) is 0.333. The maximum absolute atomic E-state index is 10.9. The number of rotatable bonds is 2. The van der Waals surface area contributed by atoms with Gasteiger partial charge in [0.25, 0.3) is 0 Å². The zero-order valence-electron chi connectivity index (χ0n) is 9.19. The van der Waals surface area contributed by atoms with Gasteiger partial charge in [0, 0.05) is 13.0 Å². The molecule has 5 heteroatoms. The summed E-state index contributed by atoms with van der Waals surface area (Å²) < 4.78 is 14.7. The monoisotopic (exact) mass is 234 g/mol. The number of cyclic esters (lactones) is 1. The maximum Gasteiger partial charge on any atom is 0.336 e. The van der Waals surface area contributed by atoms with Gasteiger partial charge in [-0.1, -0.05) is 11.8 Å². The lowest BCUT2D eigenvalue weighted by Crippen LogP contribution is -2.05. The van der Waals surface area contributed by atoms with Gasteiger partial charge >= 0.3 is 11.9 Å². The van der Waals surface area contributed by atoms with E-state index in [2.05, 4.69) is 11.8 Å². The smallest absolute Gasteiger partial charge is 0.336 e. The number of hydrogen-bond donors (Lipinski definition) is 0.